The summed E-state index contributed by atoms with van der Waals surface area (Å²) in [6.45, 7) is 4.00. The van der Waals surface area contributed by atoms with Gasteiger partial charge in [0.05, 0.1) is 0 Å². The molecule has 0 aliphatic rings. The molecule has 2 heterocycles. The van der Waals surface area contributed by atoms with E-state index in [0.717, 1.165) is 15.5 Å². The van der Waals surface area contributed by atoms with Crippen LogP contribution < -0.4 is 0 Å². The molecule has 4 nitrogen and oxygen atoms in total. The van der Waals surface area contributed by atoms with Crippen LogP contribution in [0.2, 0.25) is 0 Å². The normalized spacial score (nSPS) is 10.4. The Hall–Kier alpha value is -1.62. The second kappa shape index (κ2) is 7.09. The number of hydrogen-bond acceptors (Lipinski definition) is 3. The van der Waals surface area contributed by atoms with Gasteiger partial charge in [0.15, 0.2) is 5.78 Å². The van der Waals surface area contributed by atoms with Gasteiger partial charge in [-0.15, -0.1) is 0 Å². The Bertz CT molecular complexity index is 587. The van der Waals surface area contributed by atoms with Crippen molar-refractivity contribution in [2.24, 2.45) is 0 Å². The highest BCUT2D eigenvalue weighted by molar-refractivity contribution is 9.10. The highest BCUT2D eigenvalue weighted by atomic mass is 79.9. The molecule has 0 aliphatic carbocycles. The van der Waals surface area contributed by atoms with Crippen LogP contribution in [0.1, 0.15) is 24.2 Å². The molecular weight excluding hydrogens is 306 g/mol. The number of ketones is 1. The van der Waals surface area contributed by atoms with Crippen LogP contribution in [-0.2, 0) is 0 Å². The van der Waals surface area contributed by atoms with Crippen molar-refractivity contribution in [3.8, 4) is 0 Å². The minimum absolute atomic E-state index is 0.0372. The van der Waals surface area contributed by atoms with E-state index in [1.807, 2.05) is 38.9 Å². The average molecular weight is 324 g/mol. The van der Waals surface area contributed by atoms with Gasteiger partial charge < -0.3 is 9.88 Å². The molecule has 1 N–H and O–H groups in total. The first kappa shape index (κ1) is 15.4. The topological polar surface area (TPSA) is 49.0 Å². The Labute approximate surface area is 121 Å². The van der Waals surface area contributed by atoms with Crippen LogP contribution in [0.3, 0.4) is 0 Å². The lowest BCUT2D eigenvalue weighted by Crippen LogP contribution is -2.02. The zero-order valence-corrected chi connectivity index (χ0v) is 13.2. The SMILES string of the molecule is CC.CN(C)/C=C/C(=O)c1c[nH]c2ncc(Br)cc12. The number of carbonyl (C=O) groups excluding carboxylic acids is 1. The number of hydrogen-bond donors (Lipinski definition) is 1. The van der Waals surface area contributed by atoms with Crippen LogP contribution in [0.5, 0.6) is 0 Å². The third-order valence-corrected chi connectivity index (χ3v) is 2.72. The number of allylic oxidation sites excluding steroid dienone is 1. The molecule has 102 valence electrons. The molecule has 0 fully saturated rings. The molecule has 0 atom stereocenters. The Morgan fingerprint density at radius 1 is 1.42 bits per heavy atom. The molecule has 19 heavy (non-hydrogen) atoms. The van der Waals surface area contributed by atoms with E-state index in [2.05, 4.69) is 25.9 Å². The van der Waals surface area contributed by atoms with Crippen molar-refractivity contribution >= 4 is 32.7 Å². The molecule has 0 spiro atoms. The number of nitrogens with zero attached hydrogens (tertiary/aromatic N) is 2. The third-order valence-electron chi connectivity index (χ3n) is 2.29. The van der Waals surface area contributed by atoms with E-state index < -0.39 is 0 Å². The number of aromatic amines is 1. The standard InChI is InChI=1S/C12H12BrN3O.C2H6/c1-16(2)4-3-11(17)10-7-15-12-9(10)5-8(13)6-14-12;1-2/h3-7H,1-2H3,(H,14,15);1-2H3/b4-3+;. The first-order chi connectivity index (χ1) is 9.08. The van der Waals surface area contributed by atoms with Gasteiger partial charge in [-0.05, 0) is 22.0 Å². The first-order valence-corrected chi connectivity index (χ1v) is 6.89. The summed E-state index contributed by atoms with van der Waals surface area (Å²) in [7, 11) is 3.74. The van der Waals surface area contributed by atoms with Crippen molar-refractivity contribution in [2.75, 3.05) is 14.1 Å². The molecule has 5 heteroatoms. The largest absolute Gasteiger partial charge is 0.383 e. The number of halogens is 1. The van der Waals surface area contributed by atoms with Gasteiger partial charge in [-0.2, -0.15) is 0 Å². The van der Waals surface area contributed by atoms with Crippen molar-refractivity contribution in [1.82, 2.24) is 14.9 Å². The van der Waals surface area contributed by atoms with Crippen LogP contribution in [0, 0.1) is 0 Å². The van der Waals surface area contributed by atoms with Crippen molar-refractivity contribution in [1.29, 1.82) is 0 Å². The molecule has 2 rings (SSSR count). The van der Waals surface area contributed by atoms with Crippen molar-refractivity contribution in [2.45, 2.75) is 13.8 Å². The van der Waals surface area contributed by atoms with Crippen LogP contribution in [0.25, 0.3) is 11.0 Å². The monoisotopic (exact) mass is 323 g/mol. The van der Waals surface area contributed by atoms with E-state index in [1.54, 1.807) is 24.7 Å². The maximum Gasteiger partial charge on any atom is 0.189 e. The van der Waals surface area contributed by atoms with Crippen molar-refractivity contribution in [3.63, 3.8) is 0 Å². The number of rotatable bonds is 3. The zero-order chi connectivity index (χ0) is 14.4. The highest BCUT2D eigenvalue weighted by Gasteiger charge is 2.10. The number of carbonyl (C=O) groups is 1. The first-order valence-electron chi connectivity index (χ1n) is 6.09. The van der Waals surface area contributed by atoms with Gasteiger partial charge in [-0.1, -0.05) is 13.8 Å². The number of nitrogens with one attached hydrogen (secondary N) is 1. The summed E-state index contributed by atoms with van der Waals surface area (Å²) in [5.41, 5.74) is 1.35. The van der Waals surface area contributed by atoms with Gasteiger partial charge in [-0.3, -0.25) is 4.79 Å². The molecule has 0 unspecified atom stereocenters. The zero-order valence-electron chi connectivity index (χ0n) is 11.6. The van der Waals surface area contributed by atoms with E-state index >= 15 is 0 Å². The predicted molar refractivity (Wildman–Crippen MR) is 82.3 cm³/mol. The number of aromatic nitrogens is 2. The predicted octanol–water partition coefficient (Wildman–Crippen LogP) is 3.61. The van der Waals surface area contributed by atoms with E-state index in [1.165, 1.54) is 0 Å². The summed E-state index contributed by atoms with van der Waals surface area (Å²) in [5.74, 6) is -0.0372. The highest BCUT2D eigenvalue weighted by Crippen LogP contribution is 2.21. The second-order valence-corrected chi connectivity index (χ2v) is 4.81. The van der Waals surface area contributed by atoms with E-state index in [4.69, 9.17) is 0 Å². The smallest absolute Gasteiger partial charge is 0.189 e. The lowest BCUT2D eigenvalue weighted by Gasteiger charge is -2.02. The van der Waals surface area contributed by atoms with Gasteiger partial charge >= 0.3 is 0 Å². The molecule has 0 aliphatic heterocycles. The Kier molecular flexibility index (Phi) is 5.76. The summed E-state index contributed by atoms with van der Waals surface area (Å²) in [6.07, 6.45) is 6.66. The minimum atomic E-state index is -0.0372. The fraction of sp³-hybridized carbons (Fsp3) is 0.286. The molecule has 2 aromatic heterocycles. The summed E-state index contributed by atoms with van der Waals surface area (Å²) < 4.78 is 0.857. The average Bonchev–Trinajstić information content (AvgIpc) is 2.81. The molecule has 0 bridgehead atoms. The van der Waals surface area contributed by atoms with Gasteiger partial charge in [0.2, 0.25) is 0 Å². The number of fused-ring (bicyclic) bond motifs is 1. The fourth-order valence-electron chi connectivity index (χ4n) is 1.49. The summed E-state index contributed by atoms with van der Waals surface area (Å²) in [5, 5.41) is 0.827. The van der Waals surface area contributed by atoms with Crippen LogP contribution in [-0.4, -0.2) is 34.7 Å². The van der Waals surface area contributed by atoms with E-state index in [9.17, 15) is 4.79 Å². The van der Waals surface area contributed by atoms with Gasteiger partial charge in [-0.25, -0.2) is 4.98 Å². The summed E-state index contributed by atoms with van der Waals surface area (Å²) >= 11 is 3.35. The summed E-state index contributed by atoms with van der Waals surface area (Å²) in [4.78, 5) is 21.0. The fourth-order valence-corrected chi connectivity index (χ4v) is 1.82. The Morgan fingerprint density at radius 2 is 2.11 bits per heavy atom. The second-order valence-electron chi connectivity index (χ2n) is 3.90. The van der Waals surface area contributed by atoms with Gasteiger partial charge in [0.1, 0.15) is 5.65 Å². The van der Waals surface area contributed by atoms with E-state index in [-0.39, 0.29) is 5.78 Å². The van der Waals surface area contributed by atoms with Crippen LogP contribution in [0.4, 0.5) is 0 Å². The number of H-pyrrole nitrogens is 1. The maximum absolute atomic E-state index is 12.0. The van der Waals surface area contributed by atoms with Crippen LogP contribution >= 0.6 is 15.9 Å². The quantitative estimate of drug-likeness (QED) is 0.693. The van der Waals surface area contributed by atoms with Crippen molar-refractivity contribution in [3.05, 3.63) is 40.8 Å². The van der Waals surface area contributed by atoms with E-state index in [0.29, 0.717) is 5.56 Å². The van der Waals surface area contributed by atoms with Gasteiger partial charge in [0, 0.05) is 54.2 Å². The maximum atomic E-state index is 12.0. The molecule has 2 aromatic rings. The molecule has 0 radical (unpaired) electrons. The Balaban J connectivity index is 0.000000861. The molecular formula is C14H18BrN3O. The lowest BCUT2D eigenvalue weighted by molar-refractivity contribution is 0.104. The summed E-state index contributed by atoms with van der Waals surface area (Å²) in [6, 6.07) is 1.88. The third kappa shape index (κ3) is 3.92. The Morgan fingerprint density at radius 3 is 2.74 bits per heavy atom. The lowest BCUT2D eigenvalue weighted by atomic mass is 10.1. The molecule has 0 saturated heterocycles. The van der Waals surface area contributed by atoms with Crippen LogP contribution in [0.15, 0.2) is 35.2 Å². The van der Waals surface area contributed by atoms with Gasteiger partial charge in [0.25, 0.3) is 0 Å². The van der Waals surface area contributed by atoms with Crippen molar-refractivity contribution < 1.29 is 4.79 Å². The number of pyridine rings is 1. The minimum Gasteiger partial charge on any atom is -0.383 e. The molecule has 0 amide bonds. The molecule has 0 saturated carbocycles. The molecule has 0 aromatic carbocycles.